The molecule has 0 atom stereocenters. The molecule has 0 saturated carbocycles. The molecular weight excluding hydrogens is 298 g/mol. The first-order valence-electron chi connectivity index (χ1n) is 5.86. The van der Waals surface area contributed by atoms with Crippen molar-refractivity contribution < 1.29 is 13.2 Å². The number of benzene rings is 2. The lowest BCUT2D eigenvalue weighted by atomic mass is 10.2. The summed E-state index contributed by atoms with van der Waals surface area (Å²) in [5.74, 6) is 0.375. The minimum absolute atomic E-state index is 0.189. The number of nitrogens with one attached hydrogen (secondary N) is 1. The van der Waals surface area contributed by atoms with Gasteiger partial charge in [-0.05, 0) is 30.7 Å². The predicted octanol–water partition coefficient (Wildman–Crippen LogP) is 3.46. The maximum Gasteiger partial charge on any atom is 0.262 e. The first-order valence-corrected chi connectivity index (χ1v) is 7.72. The van der Waals surface area contributed by atoms with Crippen LogP contribution >= 0.6 is 11.6 Å². The number of aryl methyl sites for hydroxylation is 1. The van der Waals surface area contributed by atoms with Crippen LogP contribution in [-0.4, -0.2) is 15.5 Å². The van der Waals surface area contributed by atoms with Gasteiger partial charge in [0.1, 0.15) is 5.75 Å². The van der Waals surface area contributed by atoms with E-state index in [0.29, 0.717) is 16.5 Å². The Kier molecular flexibility index (Phi) is 4.20. The molecule has 2 aromatic carbocycles. The summed E-state index contributed by atoms with van der Waals surface area (Å²) >= 11 is 6.00. The molecule has 0 spiro atoms. The van der Waals surface area contributed by atoms with Crippen LogP contribution in [-0.2, 0) is 10.0 Å². The molecule has 0 heterocycles. The Bertz CT molecular complexity index is 715. The van der Waals surface area contributed by atoms with Gasteiger partial charge in [0.25, 0.3) is 10.0 Å². The molecule has 106 valence electrons. The summed E-state index contributed by atoms with van der Waals surface area (Å²) in [6.45, 7) is 1.79. The Balaban J connectivity index is 2.42. The molecule has 20 heavy (non-hydrogen) atoms. The minimum atomic E-state index is -3.65. The van der Waals surface area contributed by atoms with Crippen molar-refractivity contribution >= 4 is 27.3 Å². The van der Waals surface area contributed by atoms with Crippen LogP contribution in [0.2, 0.25) is 5.02 Å². The van der Waals surface area contributed by atoms with E-state index >= 15 is 0 Å². The lowest BCUT2D eigenvalue weighted by Crippen LogP contribution is -2.13. The second-order valence-electron chi connectivity index (χ2n) is 4.22. The second-order valence-corrected chi connectivity index (χ2v) is 6.31. The maximum absolute atomic E-state index is 12.3. The van der Waals surface area contributed by atoms with Crippen LogP contribution in [0.1, 0.15) is 5.56 Å². The molecule has 0 aliphatic carbocycles. The third-order valence-corrected chi connectivity index (χ3v) is 4.57. The van der Waals surface area contributed by atoms with Crippen molar-refractivity contribution in [2.45, 2.75) is 11.8 Å². The standard InChI is InChI=1S/C14H14ClNO3S/c1-10-8-13(14(19-2)9-12(10)15)16-20(17,18)11-6-4-3-5-7-11/h3-9,16H,1-2H3. The third kappa shape index (κ3) is 3.05. The van der Waals surface area contributed by atoms with E-state index in [4.69, 9.17) is 16.3 Å². The maximum atomic E-state index is 12.3. The molecule has 1 N–H and O–H groups in total. The lowest BCUT2D eigenvalue weighted by molar-refractivity contribution is 0.417. The zero-order chi connectivity index (χ0) is 14.8. The predicted molar refractivity (Wildman–Crippen MR) is 80.0 cm³/mol. The van der Waals surface area contributed by atoms with Gasteiger partial charge in [-0.25, -0.2) is 8.42 Å². The lowest BCUT2D eigenvalue weighted by Gasteiger charge is -2.13. The number of anilines is 1. The largest absolute Gasteiger partial charge is 0.495 e. The Morgan fingerprint density at radius 3 is 2.40 bits per heavy atom. The van der Waals surface area contributed by atoms with Gasteiger partial charge in [-0.1, -0.05) is 29.8 Å². The third-order valence-electron chi connectivity index (χ3n) is 2.78. The highest BCUT2D eigenvalue weighted by atomic mass is 35.5. The Hall–Kier alpha value is -1.72. The smallest absolute Gasteiger partial charge is 0.262 e. The molecular formula is C14H14ClNO3S. The van der Waals surface area contributed by atoms with Crippen LogP contribution in [0.25, 0.3) is 0 Å². The summed E-state index contributed by atoms with van der Waals surface area (Å²) in [5.41, 5.74) is 1.12. The number of ether oxygens (including phenoxy) is 1. The Morgan fingerprint density at radius 2 is 1.80 bits per heavy atom. The second kappa shape index (κ2) is 5.73. The molecule has 0 fully saturated rings. The van der Waals surface area contributed by atoms with Crippen molar-refractivity contribution in [1.82, 2.24) is 0 Å². The van der Waals surface area contributed by atoms with Gasteiger partial charge in [0, 0.05) is 11.1 Å². The average Bonchev–Trinajstić information content (AvgIpc) is 2.43. The Labute approximate surface area is 123 Å². The van der Waals surface area contributed by atoms with Gasteiger partial charge in [0.2, 0.25) is 0 Å². The molecule has 2 rings (SSSR count). The van der Waals surface area contributed by atoms with Crippen molar-refractivity contribution in [2.24, 2.45) is 0 Å². The van der Waals surface area contributed by atoms with E-state index in [1.165, 1.54) is 19.2 Å². The zero-order valence-electron chi connectivity index (χ0n) is 11.1. The molecule has 0 aromatic heterocycles. The monoisotopic (exact) mass is 311 g/mol. The average molecular weight is 312 g/mol. The van der Waals surface area contributed by atoms with E-state index in [-0.39, 0.29) is 4.90 Å². The summed E-state index contributed by atoms with van der Waals surface area (Å²) < 4.78 is 32.2. The zero-order valence-corrected chi connectivity index (χ0v) is 12.6. The minimum Gasteiger partial charge on any atom is -0.495 e. The Morgan fingerprint density at radius 1 is 1.15 bits per heavy atom. The van der Waals surface area contributed by atoms with Gasteiger partial charge in [-0.2, -0.15) is 0 Å². The van der Waals surface area contributed by atoms with Crippen molar-refractivity contribution in [3.8, 4) is 5.75 Å². The van der Waals surface area contributed by atoms with Crippen LogP contribution < -0.4 is 9.46 Å². The van der Waals surface area contributed by atoms with E-state index < -0.39 is 10.0 Å². The van der Waals surface area contributed by atoms with Crippen LogP contribution in [0.15, 0.2) is 47.4 Å². The van der Waals surface area contributed by atoms with Crippen LogP contribution in [0, 0.1) is 6.92 Å². The summed E-state index contributed by atoms with van der Waals surface area (Å²) in [7, 11) is -2.19. The van der Waals surface area contributed by atoms with E-state index in [1.807, 2.05) is 0 Å². The molecule has 0 aliphatic heterocycles. The number of halogens is 1. The van der Waals surface area contributed by atoms with Gasteiger partial charge in [-0.3, -0.25) is 4.72 Å². The summed E-state index contributed by atoms with van der Waals surface area (Å²) in [6, 6.07) is 11.4. The van der Waals surface area contributed by atoms with E-state index in [0.717, 1.165) is 5.56 Å². The molecule has 2 aromatic rings. The first-order chi connectivity index (χ1) is 9.44. The van der Waals surface area contributed by atoms with Crippen molar-refractivity contribution in [3.63, 3.8) is 0 Å². The summed E-state index contributed by atoms with van der Waals surface area (Å²) in [5, 5.41) is 0.518. The fraction of sp³-hybridized carbons (Fsp3) is 0.143. The highest BCUT2D eigenvalue weighted by Gasteiger charge is 2.17. The van der Waals surface area contributed by atoms with Gasteiger partial charge < -0.3 is 4.74 Å². The van der Waals surface area contributed by atoms with Crippen LogP contribution in [0.4, 0.5) is 5.69 Å². The van der Waals surface area contributed by atoms with E-state index in [9.17, 15) is 8.42 Å². The molecule has 0 bridgehead atoms. The van der Waals surface area contributed by atoms with Crippen LogP contribution in [0.5, 0.6) is 5.75 Å². The first kappa shape index (κ1) is 14.7. The number of rotatable bonds is 4. The fourth-order valence-corrected chi connectivity index (χ4v) is 2.95. The van der Waals surface area contributed by atoms with Crippen LogP contribution in [0.3, 0.4) is 0 Å². The number of sulfonamides is 1. The molecule has 0 aliphatic rings. The highest BCUT2D eigenvalue weighted by Crippen LogP contribution is 2.32. The number of methoxy groups -OCH3 is 1. The molecule has 0 unspecified atom stereocenters. The number of hydrogen-bond acceptors (Lipinski definition) is 3. The molecule has 6 heteroatoms. The number of hydrogen-bond donors (Lipinski definition) is 1. The highest BCUT2D eigenvalue weighted by molar-refractivity contribution is 7.92. The van der Waals surface area contributed by atoms with Crippen molar-refractivity contribution in [2.75, 3.05) is 11.8 Å². The van der Waals surface area contributed by atoms with Gasteiger partial charge >= 0.3 is 0 Å². The fourth-order valence-electron chi connectivity index (χ4n) is 1.72. The summed E-state index contributed by atoms with van der Waals surface area (Å²) in [4.78, 5) is 0.189. The summed E-state index contributed by atoms with van der Waals surface area (Å²) in [6.07, 6.45) is 0. The molecule has 0 amide bonds. The molecule has 0 saturated heterocycles. The molecule has 0 radical (unpaired) electrons. The quantitative estimate of drug-likeness (QED) is 0.940. The van der Waals surface area contributed by atoms with Gasteiger partial charge in [0.15, 0.2) is 0 Å². The topological polar surface area (TPSA) is 55.4 Å². The van der Waals surface area contributed by atoms with Gasteiger partial charge in [-0.15, -0.1) is 0 Å². The van der Waals surface area contributed by atoms with E-state index in [1.54, 1.807) is 37.3 Å². The van der Waals surface area contributed by atoms with Gasteiger partial charge in [0.05, 0.1) is 17.7 Å². The SMILES string of the molecule is COc1cc(Cl)c(C)cc1NS(=O)(=O)c1ccccc1. The van der Waals surface area contributed by atoms with Crippen molar-refractivity contribution in [1.29, 1.82) is 0 Å². The normalized spacial score (nSPS) is 11.2. The van der Waals surface area contributed by atoms with Crippen molar-refractivity contribution in [3.05, 3.63) is 53.1 Å². The van der Waals surface area contributed by atoms with E-state index in [2.05, 4.69) is 4.72 Å². The molecule has 4 nitrogen and oxygen atoms in total.